The zero-order valence-corrected chi connectivity index (χ0v) is 14.2. The fourth-order valence-corrected chi connectivity index (χ4v) is 4.54. The molecule has 0 N–H and O–H groups in total. The van der Waals surface area contributed by atoms with Gasteiger partial charge in [0.2, 0.25) is 10.0 Å². The molecule has 1 amide bonds. The summed E-state index contributed by atoms with van der Waals surface area (Å²) in [5.74, 6) is -0.0992. The summed E-state index contributed by atoms with van der Waals surface area (Å²) < 4.78 is 25.7. The van der Waals surface area contributed by atoms with Crippen LogP contribution in [0.3, 0.4) is 0 Å². The zero-order chi connectivity index (χ0) is 16.1. The minimum absolute atomic E-state index is 0.0202. The zero-order valence-electron chi connectivity index (χ0n) is 12.7. The number of nitrogens with zero attached hydrogens (tertiary/aromatic N) is 2. The second-order valence-electron chi connectivity index (χ2n) is 6.22. The van der Waals surface area contributed by atoms with Gasteiger partial charge in [0.1, 0.15) is 4.90 Å². The molecule has 1 aromatic carbocycles. The quantitative estimate of drug-likeness (QED) is 0.847. The van der Waals surface area contributed by atoms with Crippen LogP contribution in [0, 0.1) is 0 Å². The Bertz CT molecular complexity index is 721. The number of carbonyl (C=O) groups excluding carboxylic acids is 1. The highest BCUT2D eigenvalue weighted by Gasteiger charge is 2.51. The lowest BCUT2D eigenvalue weighted by Crippen LogP contribution is -2.65. The molecule has 0 unspecified atom stereocenters. The molecule has 1 saturated heterocycles. The summed E-state index contributed by atoms with van der Waals surface area (Å²) in [7, 11) is -0.781. The molecule has 1 aliphatic carbocycles. The average molecular weight is 343 g/mol. The molecule has 2 fully saturated rings. The maximum absolute atomic E-state index is 12.7. The molecule has 1 aliphatic heterocycles. The molecule has 1 aromatic rings. The van der Waals surface area contributed by atoms with Crippen LogP contribution in [0.4, 0.5) is 0 Å². The molecule has 0 aromatic heterocycles. The SMILES string of the molecule is CN(C)S(=O)(=O)c1cc(C(=O)N2CCC23CCC3)ccc1Cl. The average Bonchev–Trinajstić information content (AvgIpc) is 2.35. The summed E-state index contributed by atoms with van der Waals surface area (Å²) in [5.41, 5.74) is 0.424. The van der Waals surface area contributed by atoms with E-state index in [4.69, 9.17) is 11.6 Å². The number of amides is 1. The Kier molecular flexibility index (Phi) is 3.74. The van der Waals surface area contributed by atoms with Crippen molar-refractivity contribution in [1.29, 1.82) is 0 Å². The van der Waals surface area contributed by atoms with Gasteiger partial charge in [-0.05, 0) is 43.9 Å². The Balaban J connectivity index is 1.94. The second-order valence-corrected chi connectivity index (χ2v) is 8.74. The van der Waals surface area contributed by atoms with Crippen molar-refractivity contribution in [3.63, 3.8) is 0 Å². The van der Waals surface area contributed by atoms with Crippen LogP contribution in [0.25, 0.3) is 0 Å². The molecule has 0 bridgehead atoms. The van der Waals surface area contributed by atoms with Crippen molar-refractivity contribution in [2.75, 3.05) is 20.6 Å². The molecular formula is C15H19ClN2O3S. The van der Waals surface area contributed by atoms with Crippen molar-refractivity contribution < 1.29 is 13.2 Å². The molecular weight excluding hydrogens is 324 g/mol. The van der Waals surface area contributed by atoms with Gasteiger partial charge in [-0.25, -0.2) is 12.7 Å². The van der Waals surface area contributed by atoms with Crippen LogP contribution in [0.2, 0.25) is 5.02 Å². The maximum atomic E-state index is 12.7. The molecule has 3 rings (SSSR count). The summed E-state index contributed by atoms with van der Waals surface area (Å²) in [5, 5.41) is 0.132. The van der Waals surface area contributed by atoms with Gasteiger partial charge in [-0.2, -0.15) is 0 Å². The van der Waals surface area contributed by atoms with Gasteiger partial charge in [-0.15, -0.1) is 0 Å². The summed E-state index contributed by atoms with van der Waals surface area (Å²) in [6.07, 6.45) is 4.31. The monoisotopic (exact) mass is 342 g/mol. The van der Waals surface area contributed by atoms with E-state index < -0.39 is 10.0 Å². The van der Waals surface area contributed by atoms with Gasteiger partial charge in [0.05, 0.1) is 5.02 Å². The van der Waals surface area contributed by atoms with Crippen LogP contribution in [0.5, 0.6) is 0 Å². The number of hydrogen-bond donors (Lipinski definition) is 0. The standard InChI is InChI=1S/C15H19ClN2O3S/c1-17(2)22(20,21)13-10-11(4-5-12(13)16)14(19)18-9-8-15(18)6-3-7-15/h4-5,10H,3,6-9H2,1-2H3. The molecule has 120 valence electrons. The van der Waals surface area contributed by atoms with Crippen LogP contribution in [0.1, 0.15) is 36.0 Å². The highest BCUT2D eigenvalue weighted by Crippen LogP contribution is 2.47. The second kappa shape index (κ2) is 5.22. The van der Waals surface area contributed by atoms with E-state index in [0.717, 1.165) is 36.5 Å². The fraction of sp³-hybridized carbons (Fsp3) is 0.533. The van der Waals surface area contributed by atoms with E-state index in [2.05, 4.69) is 0 Å². The third kappa shape index (κ3) is 2.25. The molecule has 22 heavy (non-hydrogen) atoms. The Morgan fingerprint density at radius 2 is 1.95 bits per heavy atom. The number of rotatable bonds is 3. The van der Waals surface area contributed by atoms with Crippen LogP contribution < -0.4 is 0 Å². The molecule has 2 aliphatic rings. The number of halogens is 1. The van der Waals surface area contributed by atoms with Gasteiger partial charge >= 0.3 is 0 Å². The summed E-state index contributed by atoms with van der Waals surface area (Å²) in [6.45, 7) is 0.747. The van der Waals surface area contributed by atoms with E-state index in [0.29, 0.717) is 5.56 Å². The minimum atomic E-state index is -3.67. The normalized spacial score (nSPS) is 19.9. The first-order valence-corrected chi connectivity index (χ1v) is 9.14. The lowest BCUT2D eigenvalue weighted by atomic mass is 9.67. The van der Waals surface area contributed by atoms with E-state index in [-0.39, 0.29) is 21.4 Å². The number of benzene rings is 1. The molecule has 5 nitrogen and oxygen atoms in total. The minimum Gasteiger partial charge on any atom is -0.333 e. The van der Waals surface area contributed by atoms with Crippen LogP contribution in [-0.2, 0) is 10.0 Å². The fourth-order valence-electron chi connectivity index (χ4n) is 3.15. The third-order valence-electron chi connectivity index (χ3n) is 4.84. The van der Waals surface area contributed by atoms with Gasteiger partial charge in [0, 0.05) is 31.7 Å². The van der Waals surface area contributed by atoms with Gasteiger partial charge in [-0.3, -0.25) is 4.79 Å². The lowest BCUT2D eigenvalue weighted by molar-refractivity contribution is -0.0487. The predicted octanol–water partition coefficient (Wildman–Crippen LogP) is 2.36. The van der Waals surface area contributed by atoms with Gasteiger partial charge in [0.15, 0.2) is 0 Å². The Labute approximate surface area is 135 Å². The van der Waals surface area contributed by atoms with Crippen molar-refractivity contribution in [3.05, 3.63) is 28.8 Å². The number of sulfonamides is 1. The van der Waals surface area contributed by atoms with Gasteiger partial charge < -0.3 is 4.90 Å². The van der Waals surface area contributed by atoms with E-state index >= 15 is 0 Å². The summed E-state index contributed by atoms with van der Waals surface area (Å²) in [6, 6.07) is 4.48. The lowest BCUT2D eigenvalue weighted by Gasteiger charge is -2.58. The first-order chi connectivity index (χ1) is 10.3. The van der Waals surface area contributed by atoms with Crippen molar-refractivity contribution in [1.82, 2.24) is 9.21 Å². The Hall–Kier alpha value is -1.11. The summed E-state index contributed by atoms with van der Waals surface area (Å²) in [4.78, 5) is 14.5. The third-order valence-corrected chi connectivity index (χ3v) is 7.14. The topological polar surface area (TPSA) is 57.7 Å². The Morgan fingerprint density at radius 1 is 1.27 bits per heavy atom. The van der Waals surface area contributed by atoms with E-state index in [9.17, 15) is 13.2 Å². The Morgan fingerprint density at radius 3 is 2.41 bits per heavy atom. The molecule has 7 heteroatoms. The molecule has 1 saturated carbocycles. The van der Waals surface area contributed by atoms with Crippen LogP contribution in [0.15, 0.2) is 23.1 Å². The summed E-state index contributed by atoms with van der Waals surface area (Å²) >= 11 is 6.02. The van der Waals surface area contributed by atoms with E-state index in [1.54, 1.807) is 6.07 Å². The first kappa shape index (κ1) is 15.8. The van der Waals surface area contributed by atoms with Gasteiger partial charge in [0.25, 0.3) is 5.91 Å². The van der Waals surface area contributed by atoms with Gasteiger partial charge in [-0.1, -0.05) is 11.6 Å². The number of carbonyl (C=O) groups is 1. The first-order valence-electron chi connectivity index (χ1n) is 7.32. The highest BCUT2D eigenvalue weighted by molar-refractivity contribution is 7.89. The number of likely N-dealkylation sites (tertiary alicyclic amines) is 1. The largest absolute Gasteiger partial charge is 0.333 e. The molecule has 1 heterocycles. The van der Waals surface area contributed by atoms with Crippen molar-refractivity contribution >= 4 is 27.5 Å². The van der Waals surface area contributed by atoms with Crippen molar-refractivity contribution in [2.24, 2.45) is 0 Å². The maximum Gasteiger partial charge on any atom is 0.254 e. The van der Waals surface area contributed by atoms with Crippen molar-refractivity contribution in [3.8, 4) is 0 Å². The molecule has 1 spiro atoms. The smallest absolute Gasteiger partial charge is 0.254 e. The molecule has 0 radical (unpaired) electrons. The number of hydrogen-bond acceptors (Lipinski definition) is 3. The van der Waals surface area contributed by atoms with Crippen LogP contribution >= 0.6 is 11.6 Å². The van der Waals surface area contributed by atoms with Crippen molar-refractivity contribution in [2.45, 2.75) is 36.1 Å². The predicted molar refractivity (Wildman–Crippen MR) is 84.6 cm³/mol. The highest BCUT2D eigenvalue weighted by atomic mass is 35.5. The molecule has 0 atom stereocenters. The van der Waals surface area contributed by atoms with E-state index in [1.807, 2.05) is 4.90 Å². The van der Waals surface area contributed by atoms with Crippen LogP contribution in [-0.4, -0.2) is 49.7 Å². The van der Waals surface area contributed by atoms with E-state index in [1.165, 1.54) is 26.2 Å².